The third-order valence-electron chi connectivity index (χ3n) is 3.15. The van der Waals surface area contributed by atoms with Gasteiger partial charge in [-0.15, -0.1) is 0 Å². The largest absolute Gasteiger partial charge is 0.416 e. The fraction of sp³-hybridized carbons (Fsp3) is 0.200. The lowest BCUT2D eigenvalue weighted by atomic mass is 10.1. The lowest BCUT2D eigenvalue weighted by Gasteiger charge is -2.10. The number of nitrogens with one attached hydrogen (secondary N) is 1. The highest BCUT2D eigenvalue weighted by molar-refractivity contribution is 7.89. The second kappa shape index (κ2) is 6.86. The zero-order valence-corrected chi connectivity index (χ0v) is 12.9. The zero-order valence-electron chi connectivity index (χ0n) is 12.1. The number of alkyl halides is 3. The molecule has 0 saturated carbocycles. The molecule has 0 radical (unpaired) electrons. The number of rotatable bonds is 5. The standard InChI is InChI=1S/C15H12F5NO2S/c16-12-5-2-6-13(17)14(12)24(22,23)21-8-7-10-3-1-4-11(9-10)15(18,19)20/h1-6,9,21H,7-8H2. The van der Waals surface area contributed by atoms with Crippen molar-refractivity contribution in [2.45, 2.75) is 17.5 Å². The Morgan fingerprint density at radius 1 is 0.958 bits per heavy atom. The summed E-state index contributed by atoms with van der Waals surface area (Å²) in [6.45, 7) is -0.308. The van der Waals surface area contributed by atoms with Gasteiger partial charge in [0.25, 0.3) is 0 Å². The Morgan fingerprint density at radius 2 is 1.54 bits per heavy atom. The van der Waals surface area contributed by atoms with Gasteiger partial charge in [-0.05, 0) is 30.2 Å². The molecule has 130 valence electrons. The Morgan fingerprint density at radius 3 is 2.12 bits per heavy atom. The summed E-state index contributed by atoms with van der Waals surface area (Å²) in [7, 11) is -4.45. The number of benzene rings is 2. The van der Waals surface area contributed by atoms with Gasteiger partial charge in [0.1, 0.15) is 11.6 Å². The first kappa shape index (κ1) is 18.3. The molecule has 24 heavy (non-hydrogen) atoms. The van der Waals surface area contributed by atoms with E-state index in [0.717, 1.165) is 30.3 Å². The second-order valence-electron chi connectivity index (χ2n) is 4.90. The summed E-state index contributed by atoms with van der Waals surface area (Å²) in [6, 6.07) is 6.98. The molecule has 1 N–H and O–H groups in total. The molecule has 0 bridgehead atoms. The van der Waals surface area contributed by atoms with E-state index in [2.05, 4.69) is 0 Å². The molecule has 3 nitrogen and oxygen atoms in total. The van der Waals surface area contributed by atoms with E-state index in [-0.39, 0.29) is 18.5 Å². The maximum atomic E-state index is 13.5. The molecule has 0 aliphatic rings. The van der Waals surface area contributed by atoms with Crippen LogP contribution >= 0.6 is 0 Å². The highest BCUT2D eigenvalue weighted by atomic mass is 32.2. The van der Waals surface area contributed by atoms with E-state index in [1.165, 1.54) is 12.1 Å². The lowest BCUT2D eigenvalue weighted by Crippen LogP contribution is -2.27. The molecule has 0 fully saturated rings. The molecule has 0 unspecified atom stereocenters. The summed E-state index contributed by atoms with van der Waals surface area (Å²) in [4.78, 5) is -1.12. The third kappa shape index (κ3) is 4.30. The lowest BCUT2D eigenvalue weighted by molar-refractivity contribution is -0.137. The SMILES string of the molecule is O=S(=O)(NCCc1cccc(C(F)(F)F)c1)c1c(F)cccc1F. The number of halogens is 5. The predicted octanol–water partition coefficient (Wildman–Crippen LogP) is 3.50. The molecular formula is C15H12F5NO2S. The molecule has 2 aromatic carbocycles. The zero-order chi connectivity index (χ0) is 18.0. The van der Waals surface area contributed by atoms with Crippen molar-refractivity contribution in [1.82, 2.24) is 4.72 Å². The minimum Gasteiger partial charge on any atom is -0.211 e. The first-order valence-corrected chi connectivity index (χ1v) is 8.19. The van der Waals surface area contributed by atoms with Gasteiger partial charge in [-0.1, -0.05) is 24.3 Å². The fourth-order valence-electron chi connectivity index (χ4n) is 2.04. The molecular weight excluding hydrogens is 353 g/mol. The average molecular weight is 365 g/mol. The average Bonchev–Trinajstić information content (AvgIpc) is 2.46. The van der Waals surface area contributed by atoms with Crippen LogP contribution in [0.25, 0.3) is 0 Å². The molecule has 0 amide bonds. The Kier molecular flexibility index (Phi) is 5.24. The van der Waals surface area contributed by atoms with Crippen LogP contribution in [0.1, 0.15) is 11.1 Å². The molecule has 0 aliphatic carbocycles. The van der Waals surface area contributed by atoms with Crippen molar-refractivity contribution in [3.05, 3.63) is 65.2 Å². The quantitative estimate of drug-likeness (QED) is 0.825. The van der Waals surface area contributed by atoms with E-state index in [0.29, 0.717) is 0 Å². The molecule has 0 spiro atoms. The molecule has 0 atom stereocenters. The Balaban J connectivity index is 2.09. The normalized spacial score (nSPS) is 12.4. The van der Waals surface area contributed by atoms with Crippen molar-refractivity contribution >= 4 is 10.0 Å². The van der Waals surface area contributed by atoms with Crippen LogP contribution in [0.2, 0.25) is 0 Å². The van der Waals surface area contributed by atoms with Crippen LogP contribution < -0.4 is 4.72 Å². The van der Waals surface area contributed by atoms with Crippen molar-refractivity contribution in [2.24, 2.45) is 0 Å². The summed E-state index contributed by atoms with van der Waals surface area (Å²) in [6.07, 6.45) is -4.58. The van der Waals surface area contributed by atoms with Crippen LogP contribution in [0.4, 0.5) is 22.0 Å². The minimum atomic E-state index is -4.51. The van der Waals surface area contributed by atoms with E-state index >= 15 is 0 Å². The van der Waals surface area contributed by atoms with Crippen molar-refractivity contribution in [3.63, 3.8) is 0 Å². The second-order valence-corrected chi connectivity index (χ2v) is 6.60. The third-order valence-corrected chi connectivity index (χ3v) is 4.66. The van der Waals surface area contributed by atoms with Crippen molar-refractivity contribution < 1.29 is 30.4 Å². The molecule has 0 saturated heterocycles. The smallest absolute Gasteiger partial charge is 0.211 e. The first-order valence-electron chi connectivity index (χ1n) is 6.71. The van der Waals surface area contributed by atoms with E-state index in [4.69, 9.17) is 0 Å². The van der Waals surface area contributed by atoms with E-state index in [1.54, 1.807) is 0 Å². The van der Waals surface area contributed by atoms with Gasteiger partial charge >= 0.3 is 6.18 Å². The van der Waals surface area contributed by atoms with Crippen molar-refractivity contribution in [1.29, 1.82) is 0 Å². The predicted molar refractivity (Wildman–Crippen MR) is 76.7 cm³/mol. The summed E-state index contributed by atoms with van der Waals surface area (Å²) < 4.78 is 90.6. The molecule has 2 aromatic rings. The van der Waals surface area contributed by atoms with Crippen LogP contribution in [-0.2, 0) is 22.6 Å². The fourth-order valence-corrected chi connectivity index (χ4v) is 3.21. The van der Waals surface area contributed by atoms with Gasteiger partial charge < -0.3 is 0 Å². The Hall–Kier alpha value is -2.00. The molecule has 2 rings (SSSR count). The minimum absolute atomic E-state index is 0.0702. The summed E-state index contributed by atoms with van der Waals surface area (Å²) >= 11 is 0. The van der Waals surface area contributed by atoms with Crippen molar-refractivity contribution in [3.8, 4) is 0 Å². The van der Waals surface area contributed by atoms with Gasteiger partial charge in [0.2, 0.25) is 10.0 Å². The van der Waals surface area contributed by atoms with E-state index in [9.17, 15) is 30.4 Å². The highest BCUT2D eigenvalue weighted by Crippen LogP contribution is 2.29. The maximum absolute atomic E-state index is 13.5. The van der Waals surface area contributed by atoms with Crippen LogP contribution in [0.5, 0.6) is 0 Å². The molecule has 0 heterocycles. The molecule has 0 aromatic heterocycles. The van der Waals surface area contributed by atoms with Gasteiger partial charge in [0.15, 0.2) is 4.90 Å². The summed E-state index contributed by atoms with van der Waals surface area (Å²) in [5.41, 5.74) is -0.621. The molecule has 9 heteroatoms. The number of sulfonamides is 1. The summed E-state index contributed by atoms with van der Waals surface area (Å²) in [5.74, 6) is -2.50. The van der Waals surface area contributed by atoms with Crippen LogP contribution in [0.15, 0.2) is 47.4 Å². The maximum Gasteiger partial charge on any atom is 0.416 e. The van der Waals surface area contributed by atoms with E-state index in [1.807, 2.05) is 4.72 Å². The van der Waals surface area contributed by atoms with Crippen molar-refractivity contribution in [2.75, 3.05) is 6.54 Å². The number of hydrogen-bond acceptors (Lipinski definition) is 2. The van der Waals surface area contributed by atoms with Crippen LogP contribution in [-0.4, -0.2) is 15.0 Å². The van der Waals surface area contributed by atoms with Crippen LogP contribution in [0.3, 0.4) is 0 Å². The Labute approximate surface area is 135 Å². The first-order chi connectivity index (χ1) is 11.1. The van der Waals surface area contributed by atoms with Gasteiger partial charge in [0, 0.05) is 6.54 Å². The van der Waals surface area contributed by atoms with Gasteiger partial charge in [-0.25, -0.2) is 21.9 Å². The number of hydrogen-bond donors (Lipinski definition) is 1. The van der Waals surface area contributed by atoms with Crippen LogP contribution in [0, 0.1) is 11.6 Å². The highest BCUT2D eigenvalue weighted by Gasteiger charge is 2.30. The Bertz CT molecular complexity index is 814. The topological polar surface area (TPSA) is 46.2 Å². The van der Waals surface area contributed by atoms with Gasteiger partial charge in [0.05, 0.1) is 5.56 Å². The van der Waals surface area contributed by atoms with E-state index < -0.39 is 38.3 Å². The summed E-state index contributed by atoms with van der Waals surface area (Å²) in [5, 5.41) is 0. The van der Waals surface area contributed by atoms with Gasteiger partial charge in [-0.2, -0.15) is 13.2 Å². The monoisotopic (exact) mass is 365 g/mol. The molecule has 0 aliphatic heterocycles. The van der Waals surface area contributed by atoms with Gasteiger partial charge in [-0.3, -0.25) is 0 Å².